The van der Waals surface area contributed by atoms with Gasteiger partial charge in [0.1, 0.15) is 0 Å². The van der Waals surface area contributed by atoms with E-state index in [4.69, 9.17) is 5.48 Å². The maximum absolute atomic E-state index is 11.7. The van der Waals surface area contributed by atoms with E-state index in [0.717, 1.165) is 20.3 Å². The van der Waals surface area contributed by atoms with Crippen LogP contribution in [0.3, 0.4) is 0 Å². The lowest BCUT2D eigenvalue weighted by Gasteiger charge is -2.46. The number of para-hydroxylation sites is 6. The van der Waals surface area contributed by atoms with Gasteiger partial charge in [-0.25, -0.2) is 0 Å². The fourth-order valence-corrected chi connectivity index (χ4v) is 14.5. The first-order valence-corrected chi connectivity index (χ1v) is 32.3. The molecule has 0 fully saturated rings. The summed E-state index contributed by atoms with van der Waals surface area (Å²) in [4.78, 5) is 3.73. The molecule has 0 radical (unpaired) electrons. The van der Waals surface area contributed by atoms with Crippen molar-refractivity contribution in [2.45, 2.75) is 52.4 Å². The summed E-state index contributed by atoms with van der Waals surface area (Å²) < 4.78 is 222. The standard InChI is InChI=1S/C92H71BN4/c1-91(2,3)65-49-52-68(77(57-65)92(4,5)6)64-55-86-88-87(56-64)97(90-71(62-33-15-9-16-34-62)43-28-44-72(90)63-35-17-10-18-36-63)85-59-67(95-82-47-25-21-39-75(82)76-40-22-26-48-83(76)95)51-54-79(85)93(88)78-53-50-66(94-80-45-23-19-37-73(80)74-38-20-24-46-81(74)94)58-84(78)96(86)89-69(60-29-11-7-12-30-60)41-27-42-70(89)61-31-13-8-14-32-61/h7-59H,1-6H3/i19D,20D,21D,22D,23D,24D,25D,26D,37D,38D,39D,40D,45D,46D,47D,48D,50D,51D,53D,54D,58D,59D. The normalized spacial score (nSPS) is 16.0. The lowest BCUT2D eigenvalue weighted by molar-refractivity contribution is 0.570. The number of fused-ring (bicyclic) bond motifs is 10. The number of hydrogen-bond donors (Lipinski definition) is 0. The third-order valence-electron chi connectivity index (χ3n) is 18.9. The van der Waals surface area contributed by atoms with Crippen LogP contribution in [0.5, 0.6) is 0 Å². The summed E-state index contributed by atoms with van der Waals surface area (Å²) >= 11 is 0. The fourth-order valence-electron chi connectivity index (χ4n) is 14.5. The zero-order chi connectivity index (χ0) is 84.4. The first-order chi connectivity index (χ1) is 56.6. The van der Waals surface area contributed by atoms with E-state index >= 15 is 0 Å². The van der Waals surface area contributed by atoms with Crippen LogP contribution in [-0.2, 0) is 10.8 Å². The van der Waals surface area contributed by atoms with Crippen molar-refractivity contribution in [2.75, 3.05) is 9.80 Å². The highest BCUT2D eigenvalue weighted by atomic mass is 15.2. The molecule has 16 aromatic rings. The van der Waals surface area contributed by atoms with Gasteiger partial charge >= 0.3 is 0 Å². The Morgan fingerprint density at radius 1 is 0.309 bits per heavy atom. The second-order valence-electron chi connectivity index (χ2n) is 26.7. The van der Waals surface area contributed by atoms with Gasteiger partial charge in [-0.15, -0.1) is 0 Å². The number of anilines is 6. The third-order valence-corrected chi connectivity index (χ3v) is 18.9. The molecule has 0 saturated carbocycles. The molecular weight excluding hydrogens is 1170 g/mol. The second-order valence-corrected chi connectivity index (χ2v) is 26.7. The summed E-state index contributed by atoms with van der Waals surface area (Å²) in [6, 6.07) is 43.9. The van der Waals surface area contributed by atoms with Gasteiger partial charge in [-0.3, -0.25) is 0 Å². The third kappa shape index (κ3) is 9.35. The van der Waals surface area contributed by atoms with Crippen molar-refractivity contribution < 1.29 is 30.2 Å². The minimum absolute atomic E-state index is 0.165. The zero-order valence-corrected chi connectivity index (χ0v) is 53.8. The summed E-state index contributed by atoms with van der Waals surface area (Å²) in [7, 11) is 0. The monoisotopic (exact) mass is 1260 g/mol. The number of aromatic nitrogens is 2. The van der Waals surface area contributed by atoms with Crippen molar-refractivity contribution in [3.8, 4) is 67.0 Å². The van der Waals surface area contributed by atoms with Crippen molar-refractivity contribution in [2.24, 2.45) is 0 Å². The SMILES string of the molecule is [2H]c1c([2H])c(-n2c3c([2H])c([2H])c([2H])c([2H])c3c3c([2H])c([2H])c([2H])c([2H])c32)c([2H])c2c1B1c3c(cc(-c4ccc(C(C)(C)C)cc4C(C)(C)C)cc3N(c3c(-c4ccccc4)cccc3-c3ccccc3)c3c([2H])c(-n4c5c([2H])c([2H])c([2H])c([2H])c5c5c([2H])c([2H])c([2H])c([2H])c54)c([2H])c([2H])c31)N2c1c(-c2ccccc2)cccc1-c1ccccc1. The van der Waals surface area contributed by atoms with Crippen LogP contribution in [0, 0.1) is 0 Å². The molecule has 97 heavy (non-hydrogen) atoms. The number of nitrogens with zero attached hydrogens (tertiary/aromatic N) is 4. The average molecular weight is 1270 g/mol. The second kappa shape index (κ2) is 22.5. The Kier molecular flexibility index (Phi) is 9.11. The molecule has 14 aromatic carbocycles. The smallest absolute Gasteiger partial charge is 0.252 e. The van der Waals surface area contributed by atoms with E-state index in [9.17, 15) is 24.7 Å². The average Bonchev–Trinajstić information content (AvgIpc) is 1.38. The maximum atomic E-state index is 11.7. The van der Waals surface area contributed by atoms with Crippen molar-refractivity contribution in [1.82, 2.24) is 9.13 Å². The van der Waals surface area contributed by atoms with Gasteiger partial charge in [0, 0.05) is 77.9 Å². The first kappa shape index (κ1) is 39.3. The Bertz CT molecular complexity index is 6510. The Balaban J connectivity index is 1.14. The van der Waals surface area contributed by atoms with E-state index in [2.05, 4.69) is 59.7 Å². The van der Waals surface area contributed by atoms with Gasteiger partial charge in [0.25, 0.3) is 6.71 Å². The summed E-state index contributed by atoms with van der Waals surface area (Å²) in [5.74, 6) is 0. The van der Waals surface area contributed by atoms with Crippen molar-refractivity contribution in [3.05, 3.63) is 332 Å². The molecule has 5 heteroatoms. The molecule has 2 aliphatic rings. The van der Waals surface area contributed by atoms with Gasteiger partial charge in [-0.1, -0.05) is 302 Å². The molecule has 0 saturated heterocycles. The summed E-state index contributed by atoms with van der Waals surface area (Å²) in [5, 5.41) is -1.42. The molecule has 18 rings (SSSR count). The highest BCUT2D eigenvalue weighted by molar-refractivity contribution is 7.00. The molecule has 0 N–H and O–H groups in total. The molecule has 0 bridgehead atoms. The lowest BCUT2D eigenvalue weighted by Crippen LogP contribution is -2.61. The molecule has 0 amide bonds. The van der Waals surface area contributed by atoms with Crippen LogP contribution in [0.2, 0.25) is 0 Å². The Morgan fingerprint density at radius 3 is 1.00 bits per heavy atom. The topological polar surface area (TPSA) is 16.3 Å². The summed E-state index contributed by atoms with van der Waals surface area (Å²) in [6.07, 6.45) is 0. The Labute approximate surface area is 599 Å². The molecular formula is C92H71BN4. The predicted octanol–water partition coefficient (Wildman–Crippen LogP) is 22.9. The molecule has 0 spiro atoms. The molecule has 4 nitrogen and oxygen atoms in total. The number of rotatable bonds is 9. The van der Waals surface area contributed by atoms with Crippen LogP contribution in [0.15, 0.2) is 321 Å². The van der Waals surface area contributed by atoms with E-state index in [1.807, 2.05) is 180 Å². The van der Waals surface area contributed by atoms with Crippen LogP contribution < -0.4 is 26.2 Å². The Morgan fingerprint density at radius 2 is 0.660 bits per heavy atom. The van der Waals surface area contributed by atoms with Gasteiger partial charge in [-0.05, 0) is 132 Å². The van der Waals surface area contributed by atoms with E-state index in [-0.39, 0.29) is 55.2 Å². The molecule has 4 heterocycles. The van der Waals surface area contributed by atoms with E-state index < -0.39 is 184 Å². The van der Waals surface area contributed by atoms with Crippen LogP contribution >= 0.6 is 0 Å². The molecule has 0 aliphatic carbocycles. The lowest BCUT2D eigenvalue weighted by atomic mass is 9.33. The van der Waals surface area contributed by atoms with Crippen molar-refractivity contribution in [3.63, 3.8) is 0 Å². The van der Waals surface area contributed by atoms with Crippen LogP contribution in [0.1, 0.15) is 82.8 Å². The molecule has 0 atom stereocenters. The van der Waals surface area contributed by atoms with Crippen molar-refractivity contribution in [1.29, 1.82) is 0 Å². The van der Waals surface area contributed by atoms with Gasteiger partial charge < -0.3 is 18.9 Å². The van der Waals surface area contributed by atoms with Gasteiger partial charge in [0.05, 0.1) is 63.6 Å². The van der Waals surface area contributed by atoms with Gasteiger partial charge in [0.2, 0.25) is 0 Å². The number of hydrogen-bond acceptors (Lipinski definition) is 2. The quantitative estimate of drug-likeness (QED) is 0.134. The van der Waals surface area contributed by atoms with Crippen LogP contribution in [0.25, 0.3) is 111 Å². The van der Waals surface area contributed by atoms with E-state index in [1.54, 1.807) is 0 Å². The summed E-state index contributed by atoms with van der Waals surface area (Å²) in [5.41, 5.74) is 5.15. The van der Waals surface area contributed by atoms with Crippen LogP contribution in [0.4, 0.5) is 34.1 Å². The molecule has 0 unspecified atom stereocenters. The minimum Gasteiger partial charge on any atom is -0.310 e. The molecule has 462 valence electrons. The largest absolute Gasteiger partial charge is 0.310 e. The fraction of sp³-hybridized carbons (Fsp3) is 0.0870. The number of benzene rings is 14. The van der Waals surface area contributed by atoms with Gasteiger partial charge in [-0.2, -0.15) is 0 Å². The molecule has 2 aliphatic heterocycles. The zero-order valence-electron chi connectivity index (χ0n) is 75.8. The highest BCUT2D eigenvalue weighted by Gasteiger charge is 2.46. The molecule has 2 aromatic heterocycles. The van der Waals surface area contributed by atoms with E-state index in [1.165, 1.54) is 0 Å². The van der Waals surface area contributed by atoms with Gasteiger partial charge in [0.15, 0.2) is 0 Å². The van der Waals surface area contributed by atoms with Crippen LogP contribution in [-0.4, -0.2) is 15.8 Å². The minimum atomic E-state index is -1.66. The Hall–Kier alpha value is -11.7. The summed E-state index contributed by atoms with van der Waals surface area (Å²) in [6.45, 7) is 11.1. The predicted molar refractivity (Wildman–Crippen MR) is 414 cm³/mol. The van der Waals surface area contributed by atoms with E-state index in [0.29, 0.717) is 72.5 Å². The first-order valence-electron chi connectivity index (χ1n) is 43.3. The maximum Gasteiger partial charge on any atom is 0.252 e. The van der Waals surface area contributed by atoms with Crippen molar-refractivity contribution >= 4 is 101 Å². The highest BCUT2D eigenvalue weighted by Crippen LogP contribution is 2.55.